The Balaban J connectivity index is 2.36. The SMILES string of the molecule is CCCCCCCN(C(=O)C(C)NC(=O)OC(C)(C)C)C(C(=O)NCc1ccccc1)c1ccc(CC)cc1. The molecular weight excluding hydrogens is 490 g/mol. The van der Waals surface area contributed by atoms with Crippen molar-refractivity contribution < 1.29 is 19.1 Å². The minimum atomic E-state index is -0.866. The van der Waals surface area contributed by atoms with Crippen LogP contribution in [0.25, 0.3) is 0 Å². The number of unbranched alkanes of at least 4 members (excludes halogenated alkanes) is 4. The number of nitrogens with one attached hydrogen (secondary N) is 2. The van der Waals surface area contributed by atoms with Gasteiger partial charge in [0.1, 0.15) is 17.7 Å². The van der Waals surface area contributed by atoms with Crippen molar-refractivity contribution in [2.45, 2.75) is 104 Å². The number of benzene rings is 2. The van der Waals surface area contributed by atoms with Crippen LogP contribution < -0.4 is 10.6 Å². The Morgan fingerprint density at radius 2 is 1.51 bits per heavy atom. The largest absolute Gasteiger partial charge is 0.444 e. The maximum atomic E-state index is 13.9. The summed E-state index contributed by atoms with van der Waals surface area (Å²) >= 11 is 0. The first-order chi connectivity index (χ1) is 18.6. The van der Waals surface area contributed by atoms with Gasteiger partial charge in [-0.3, -0.25) is 9.59 Å². The summed E-state index contributed by atoms with van der Waals surface area (Å²) in [5.74, 6) is -0.578. The van der Waals surface area contributed by atoms with Gasteiger partial charge >= 0.3 is 6.09 Å². The van der Waals surface area contributed by atoms with E-state index in [0.717, 1.165) is 55.2 Å². The minimum Gasteiger partial charge on any atom is -0.444 e. The zero-order chi connectivity index (χ0) is 28.8. The molecule has 0 fully saturated rings. The lowest BCUT2D eigenvalue weighted by Crippen LogP contribution is -2.52. The molecule has 0 aliphatic rings. The van der Waals surface area contributed by atoms with Crippen molar-refractivity contribution >= 4 is 17.9 Å². The quantitative estimate of drug-likeness (QED) is 0.276. The molecule has 0 aliphatic heterocycles. The summed E-state index contributed by atoms with van der Waals surface area (Å²) in [6.45, 7) is 11.9. The third-order valence-electron chi connectivity index (χ3n) is 6.46. The molecule has 0 spiro atoms. The second-order valence-electron chi connectivity index (χ2n) is 11.0. The predicted molar refractivity (Wildman–Crippen MR) is 156 cm³/mol. The topological polar surface area (TPSA) is 87.7 Å². The van der Waals surface area contributed by atoms with Gasteiger partial charge in [-0.1, -0.05) is 94.1 Å². The number of alkyl carbamates (subject to hydrolysis) is 1. The first-order valence-electron chi connectivity index (χ1n) is 14.3. The van der Waals surface area contributed by atoms with Gasteiger partial charge in [-0.25, -0.2) is 4.79 Å². The Hall–Kier alpha value is -3.35. The molecule has 0 heterocycles. The number of nitrogens with zero attached hydrogens (tertiary/aromatic N) is 1. The van der Waals surface area contributed by atoms with Crippen LogP contribution in [-0.2, 0) is 27.3 Å². The number of amides is 3. The van der Waals surface area contributed by atoms with Crippen LogP contribution in [0.15, 0.2) is 54.6 Å². The number of hydrogen-bond donors (Lipinski definition) is 2. The number of carbonyl (C=O) groups is 3. The zero-order valence-electron chi connectivity index (χ0n) is 24.6. The summed E-state index contributed by atoms with van der Waals surface area (Å²) in [5.41, 5.74) is 2.18. The molecule has 39 heavy (non-hydrogen) atoms. The van der Waals surface area contributed by atoms with E-state index in [2.05, 4.69) is 24.5 Å². The highest BCUT2D eigenvalue weighted by atomic mass is 16.6. The summed E-state index contributed by atoms with van der Waals surface area (Å²) in [6.07, 6.45) is 5.25. The molecular formula is C32H47N3O4. The van der Waals surface area contributed by atoms with Crippen molar-refractivity contribution in [3.63, 3.8) is 0 Å². The van der Waals surface area contributed by atoms with Crippen LogP contribution in [0.5, 0.6) is 0 Å². The van der Waals surface area contributed by atoms with Crippen LogP contribution in [0.2, 0.25) is 0 Å². The molecule has 214 valence electrons. The maximum Gasteiger partial charge on any atom is 0.408 e. The average Bonchev–Trinajstić information content (AvgIpc) is 2.90. The molecule has 2 aromatic carbocycles. The second kappa shape index (κ2) is 15.9. The van der Waals surface area contributed by atoms with Crippen molar-refractivity contribution in [2.24, 2.45) is 0 Å². The first kappa shape index (κ1) is 31.9. The molecule has 0 aliphatic carbocycles. The van der Waals surface area contributed by atoms with Crippen molar-refractivity contribution in [1.29, 1.82) is 0 Å². The van der Waals surface area contributed by atoms with Gasteiger partial charge in [0.25, 0.3) is 0 Å². The number of aryl methyl sites for hydroxylation is 1. The standard InChI is InChI=1S/C32H47N3O4/c1-7-9-10-11-15-22-35(30(37)24(3)34-31(38)39-32(4,5)6)28(27-20-18-25(8-2)19-21-27)29(36)33-23-26-16-13-12-14-17-26/h12-14,16-21,24,28H,7-11,15,22-23H2,1-6H3,(H,33,36)(H,34,38). The maximum absolute atomic E-state index is 13.9. The van der Waals surface area contributed by atoms with E-state index >= 15 is 0 Å². The van der Waals surface area contributed by atoms with E-state index in [9.17, 15) is 14.4 Å². The Bertz CT molecular complexity index is 1030. The van der Waals surface area contributed by atoms with E-state index in [4.69, 9.17) is 4.74 Å². The van der Waals surface area contributed by atoms with Gasteiger partial charge < -0.3 is 20.3 Å². The molecule has 2 rings (SSSR count). The highest BCUT2D eigenvalue weighted by molar-refractivity contribution is 5.92. The third kappa shape index (κ3) is 11.1. The van der Waals surface area contributed by atoms with Crippen LogP contribution in [-0.4, -0.2) is 41.0 Å². The van der Waals surface area contributed by atoms with Crippen LogP contribution in [0.4, 0.5) is 4.79 Å². The van der Waals surface area contributed by atoms with Gasteiger partial charge in [0.05, 0.1) is 0 Å². The number of ether oxygens (including phenoxy) is 1. The smallest absolute Gasteiger partial charge is 0.408 e. The predicted octanol–water partition coefficient (Wildman–Crippen LogP) is 6.32. The van der Waals surface area contributed by atoms with Crippen LogP contribution in [0, 0.1) is 0 Å². The fraction of sp³-hybridized carbons (Fsp3) is 0.531. The van der Waals surface area contributed by atoms with E-state index in [-0.39, 0.29) is 11.8 Å². The van der Waals surface area contributed by atoms with E-state index in [1.165, 1.54) is 0 Å². The lowest BCUT2D eigenvalue weighted by atomic mass is 10.00. The Kier molecular flexibility index (Phi) is 13.0. The van der Waals surface area contributed by atoms with Crippen LogP contribution >= 0.6 is 0 Å². The molecule has 2 unspecified atom stereocenters. The highest BCUT2D eigenvalue weighted by Crippen LogP contribution is 2.25. The third-order valence-corrected chi connectivity index (χ3v) is 6.46. The van der Waals surface area contributed by atoms with Crippen molar-refractivity contribution in [1.82, 2.24) is 15.5 Å². The fourth-order valence-corrected chi connectivity index (χ4v) is 4.34. The normalized spacial score (nSPS) is 12.8. The first-order valence-corrected chi connectivity index (χ1v) is 14.3. The van der Waals surface area contributed by atoms with Gasteiger partial charge in [-0.15, -0.1) is 0 Å². The number of hydrogen-bond acceptors (Lipinski definition) is 4. The summed E-state index contributed by atoms with van der Waals surface area (Å²) in [6, 6.07) is 15.8. The van der Waals surface area contributed by atoms with Crippen LogP contribution in [0.3, 0.4) is 0 Å². The Morgan fingerprint density at radius 1 is 0.872 bits per heavy atom. The summed E-state index contributed by atoms with van der Waals surface area (Å²) in [5, 5.41) is 5.70. The van der Waals surface area contributed by atoms with E-state index in [0.29, 0.717) is 13.1 Å². The molecule has 2 N–H and O–H groups in total. The Labute approximate surface area is 234 Å². The molecule has 0 aromatic heterocycles. The lowest BCUT2D eigenvalue weighted by molar-refractivity contribution is -0.142. The molecule has 0 saturated carbocycles. The van der Waals surface area contributed by atoms with Gasteiger partial charge in [0.2, 0.25) is 11.8 Å². The van der Waals surface area contributed by atoms with Gasteiger partial charge in [0.15, 0.2) is 0 Å². The zero-order valence-corrected chi connectivity index (χ0v) is 24.6. The Morgan fingerprint density at radius 3 is 2.10 bits per heavy atom. The van der Waals surface area contributed by atoms with Gasteiger partial charge in [-0.05, 0) is 57.2 Å². The molecule has 7 nitrogen and oxygen atoms in total. The monoisotopic (exact) mass is 537 g/mol. The molecule has 2 aromatic rings. The number of rotatable bonds is 14. The summed E-state index contributed by atoms with van der Waals surface area (Å²) < 4.78 is 5.37. The van der Waals surface area contributed by atoms with Crippen molar-refractivity contribution in [3.05, 3.63) is 71.3 Å². The molecule has 3 amide bonds. The van der Waals surface area contributed by atoms with Gasteiger partial charge in [0, 0.05) is 13.1 Å². The lowest BCUT2D eigenvalue weighted by Gasteiger charge is -2.34. The van der Waals surface area contributed by atoms with E-state index in [1.807, 2.05) is 54.6 Å². The second-order valence-corrected chi connectivity index (χ2v) is 11.0. The van der Waals surface area contributed by atoms with Crippen LogP contribution in [0.1, 0.15) is 96.4 Å². The molecule has 0 saturated heterocycles. The fourth-order valence-electron chi connectivity index (χ4n) is 4.34. The molecule has 7 heteroatoms. The molecule has 0 bridgehead atoms. The minimum absolute atomic E-state index is 0.255. The average molecular weight is 538 g/mol. The summed E-state index contributed by atoms with van der Waals surface area (Å²) in [7, 11) is 0. The molecule has 0 radical (unpaired) electrons. The number of carbonyl (C=O) groups excluding carboxylic acids is 3. The molecule has 2 atom stereocenters. The summed E-state index contributed by atoms with van der Waals surface area (Å²) in [4.78, 5) is 41.7. The highest BCUT2D eigenvalue weighted by Gasteiger charge is 2.34. The van der Waals surface area contributed by atoms with E-state index in [1.54, 1.807) is 32.6 Å². The van der Waals surface area contributed by atoms with E-state index < -0.39 is 23.8 Å². The van der Waals surface area contributed by atoms with Crippen molar-refractivity contribution in [3.8, 4) is 0 Å². The van der Waals surface area contributed by atoms with Gasteiger partial charge in [-0.2, -0.15) is 0 Å². The van der Waals surface area contributed by atoms with Crippen molar-refractivity contribution in [2.75, 3.05) is 6.54 Å².